The second-order valence-corrected chi connectivity index (χ2v) is 23.0. The lowest BCUT2D eigenvalue weighted by atomic mass is 9.89. The van der Waals surface area contributed by atoms with Crippen LogP contribution in [0, 0.1) is 18.8 Å². The number of benzene rings is 3. The Morgan fingerprint density at radius 1 is 0.784 bits per heavy atom. The predicted molar refractivity (Wildman–Crippen MR) is 283 cm³/mol. The third-order valence-electron chi connectivity index (χ3n) is 12.2. The molecule has 1 aliphatic heterocycles. The van der Waals surface area contributed by atoms with Crippen molar-refractivity contribution in [2.45, 2.75) is 155 Å². The van der Waals surface area contributed by atoms with Crippen LogP contribution >= 0.6 is 0 Å². The number of ether oxygens (including phenoxy) is 5. The van der Waals surface area contributed by atoms with Gasteiger partial charge in [-0.3, -0.25) is 14.4 Å². The van der Waals surface area contributed by atoms with Crippen LogP contribution in [0.4, 0.5) is 9.59 Å². The molecule has 0 unspecified atom stereocenters. The van der Waals surface area contributed by atoms with E-state index >= 15 is 4.79 Å². The van der Waals surface area contributed by atoms with E-state index in [1.54, 1.807) is 97.0 Å². The molecule has 0 aliphatic carbocycles. The second-order valence-electron chi connectivity index (χ2n) is 21.0. The van der Waals surface area contributed by atoms with Crippen molar-refractivity contribution >= 4 is 45.6 Å². The second kappa shape index (κ2) is 27.4. The molecular weight excluding hydrogens is 969 g/mol. The maximum atomic E-state index is 15.2. The van der Waals surface area contributed by atoms with E-state index in [-0.39, 0.29) is 43.9 Å². The summed E-state index contributed by atoms with van der Waals surface area (Å²) in [5.41, 5.74) is 1.85. The summed E-state index contributed by atoms with van der Waals surface area (Å²) >= 11 is 0. The number of nitrogens with zero attached hydrogens (tertiary/aromatic N) is 1. The number of rotatable bonds is 21. The van der Waals surface area contributed by atoms with Gasteiger partial charge in [-0.05, 0) is 127 Å². The van der Waals surface area contributed by atoms with Crippen LogP contribution in [0.3, 0.4) is 0 Å². The number of Topliss-reactive ketones (excluding diaryl/α,β-unsaturated/α-hetero) is 1. The van der Waals surface area contributed by atoms with Crippen LogP contribution in [0.5, 0.6) is 11.5 Å². The normalized spacial score (nSPS) is 16.7. The molecule has 0 radical (unpaired) electrons. The number of hydrogen-bond donors (Lipinski definition) is 3. The summed E-state index contributed by atoms with van der Waals surface area (Å²) < 4.78 is 57.5. The van der Waals surface area contributed by atoms with Crippen LogP contribution in [0.2, 0.25) is 0 Å². The minimum Gasteiger partial charge on any atom is -0.493 e. The Morgan fingerprint density at radius 3 is 2.01 bits per heavy atom. The van der Waals surface area contributed by atoms with Gasteiger partial charge in [0.25, 0.3) is 0 Å². The molecule has 4 rings (SSSR count). The zero-order valence-corrected chi connectivity index (χ0v) is 46.4. The molecule has 1 heterocycles. The number of sulfone groups is 1. The van der Waals surface area contributed by atoms with Gasteiger partial charge in [-0.15, -0.1) is 0 Å². The zero-order valence-electron chi connectivity index (χ0n) is 45.6. The lowest BCUT2D eigenvalue weighted by Crippen LogP contribution is -2.46. The molecular formula is C56H80N4O13S. The van der Waals surface area contributed by atoms with Gasteiger partial charge >= 0.3 is 18.2 Å². The third-order valence-corrected chi connectivity index (χ3v) is 14.2. The monoisotopic (exact) mass is 1050 g/mol. The Morgan fingerprint density at radius 2 is 1.41 bits per heavy atom. The van der Waals surface area contributed by atoms with Crippen LogP contribution in [-0.2, 0) is 56.1 Å². The van der Waals surface area contributed by atoms with Crippen molar-refractivity contribution in [2.75, 3.05) is 46.2 Å². The van der Waals surface area contributed by atoms with Crippen LogP contribution in [0.1, 0.15) is 136 Å². The van der Waals surface area contributed by atoms with E-state index < -0.39 is 86.5 Å². The number of aryl methyl sites for hydroxylation is 2. The lowest BCUT2D eigenvalue weighted by molar-refractivity contribution is -0.146. The molecule has 0 fully saturated rings. The summed E-state index contributed by atoms with van der Waals surface area (Å²) in [4.78, 5) is 83.9. The van der Waals surface area contributed by atoms with E-state index in [1.165, 1.54) is 26.0 Å². The van der Waals surface area contributed by atoms with Crippen molar-refractivity contribution in [3.05, 3.63) is 76.9 Å². The van der Waals surface area contributed by atoms with E-state index in [2.05, 4.69) is 22.9 Å². The summed E-state index contributed by atoms with van der Waals surface area (Å²) in [6.07, 6.45) is 3.77. The van der Waals surface area contributed by atoms with Gasteiger partial charge in [0.1, 0.15) is 41.4 Å². The molecule has 3 aromatic carbocycles. The van der Waals surface area contributed by atoms with Crippen molar-refractivity contribution < 1.29 is 60.9 Å². The zero-order chi connectivity index (χ0) is 55.0. The van der Waals surface area contributed by atoms with Gasteiger partial charge < -0.3 is 44.5 Å². The Kier molecular flexibility index (Phi) is 22.4. The predicted octanol–water partition coefficient (Wildman–Crippen LogP) is 8.79. The first-order chi connectivity index (χ1) is 34.8. The van der Waals surface area contributed by atoms with Gasteiger partial charge in [-0.1, -0.05) is 64.3 Å². The van der Waals surface area contributed by atoms with Gasteiger partial charge in [0, 0.05) is 43.5 Å². The SMILES string of the molecule is CCCCCCc1ccc(S(=O)(=O)C[C@@H](CCNC(=O)OC(C)(C)C)C(=O)N(C)[C@@H]2C(=O)C[C@@H](C)C(=O)N[C@H](C(=O)OC)Cc3ccc(OCCNC(=O)OC(C)(C)C)c(c3)-c3cc2ccc3OCCC)c(C)c1. The Balaban J connectivity index is 1.87. The molecule has 18 heteroatoms. The van der Waals surface area contributed by atoms with E-state index in [1.807, 2.05) is 13.0 Å². The number of carbonyl (C=O) groups is 6. The van der Waals surface area contributed by atoms with E-state index in [4.69, 9.17) is 23.7 Å². The number of amides is 4. The highest BCUT2D eigenvalue weighted by molar-refractivity contribution is 7.91. The maximum absolute atomic E-state index is 15.2. The number of nitrogens with one attached hydrogen (secondary N) is 3. The number of likely N-dealkylation sites (N-methyl/N-ethyl adjacent to an activating group) is 1. The smallest absolute Gasteiger partial charge is 0.407 e. The third kappa shape index (κ3) is 18.3. The van der Waals surface area contributed by atoms with Gasteiger partial charge in [0.15, 0.2) is 15.6 Å². The fourth-order valence-corrected chi connectivity index (χ4v) is 10.5. The van der Waals surface area contributed by atoms with E-state index in [9.17, 15) is 32.4 Å². The van der Waals surface area contributed by atoms with Crippen LogP contribution < -0.4 is 25.4 Å². The van der Waals surface area contributed by atoms with E-state index in [0.29, 0.717) is 52.3 Å². The molecule has 0 saturated carbocycles. The molecule has 17 nitrogen and oxygen atoms in total. The van der Waals surface area contributed by atoms with Crippen molar-refractivity contribution in [1.82, 2.24) is 20.9 Å². The Hall–Kier alpha value is -6.17. The molecule has 0 saturated heterocycles. The summed E-state index contributed by atoms with van der Waals surface area (Å²) in [7, 11) is -1.54. The number of carbonyl (C=O) groups excluding carboxylic acids is 6. The minimum atomic E-state index is -4.16. The van der Waals surface area contributed by atoms with Gasteiger partial charge in [-0.2, -0.15) is 0 Å². The number of alkyl carbamates (subject to hydrolysis) is 2. The fourth-order valence-electron chi connectivity index (χ4n) is 8.63. The van der Waals surface area contributed by atoms with Crippen molar-refractivity contribution in [3.63, 3.8) is 0 Å². The molecule has 3 N–H and O–H groups in total. The summed E-state index contributed by atoms with van der Waals surface area (Å²) in [5, 5.41) is 8.10. The number of unbranched alkanes of at least 4 members (excludes halogenated alkanes) is 3. The topological polar surface area (TPSA) is 222 Å². The number of hydrogen-bond acceptors (Lipinski definition) is 13. The molecule has 408 valence electrons. The van der Waals surface area contributed by atoms with Crippen LogP contribution in [0.15, 0.2) is 59.5 Å². The highest BCUT2D eigenvalue weighted by atomic mass is 32.2. The lowest BCUT2D eigenvalue weighted by Gasteiger charge is -2.32. The molecule has 1 aliphatic rings. The Bertz CT molecular complexity index is 2550. The molecule has 4 atom stereocenters. The number of ketones is 1. The average molecular weight is 1050 g/mol. The number of fused-ring (bicyclic) bond motifs is 5. The summed E-state index contributed by atoms with van der Waals surface area (Å²) in [5.74, 6) is -4.77. The molecule has 4 amide bonds. The number of esters is 1. The quantitative estimate of drug-likeness (QED) is 0.0516. The Labute approximate surface area is 438 Å². The maximum Gasteiger partial charge on any atom is 0.407 e. The van der Waals surface area contributed by atoms with Gasteiger partial charge in [0.05, 0.1) is 36.8 Å². The van der Waals surface area contributed by atoms with Gasteiger partial charge in [0.2, 0.25) is 11.8 Å². The summed E-state index contributed by atoms with van der Waals surface area (Å²) in [6, 6.07) is 12.9. The highest BCUT2D eigenvalue weighted by Gasteiger charge is 2.38. The van der Waals surface area contributed by atoms with Crippen LogP contribution in [0.25, 0.3) is 11.1 Å². The molecule has 74 heavy (non-hydrogen) atoms. The molecule has 0 aromatic heterocycles. The first kappa shape index (κ1) is 60.4. The van der Waals surface area contributed by atoms with Crippen molar-refractivity contribution in [1.29, 1.82) is 0 Å². The van der Waals surface area contributed by atoms with Crippen molar-refractivity contribution in [2.24, 2.45) is 11.8 Å². The largest absolute Gasteiger partial charge is 0.493 e. The molecule has 3 aromatic rings. The van der Waals surface area contributed by atoms with Crippen LogP contribution in [-0.4, -0.2) is 113 Å². The highest BCUT2D eigenvalue weighted by Crippen LogP contribution is 2.41. The molecule has 0 spiro atoms. The summed E-state index contributed by atoms with van der Waals surface area (Å²) in [6.45, 7) is 18.0. The standard InChI is InChI=1S/C56H80N4O13S/c1-13-15-16-17-18-38-20-24-48(36(3)30-38)74(67,68)35-41(25-26-57-53(65)72-55(5,6)7)51(63)60(11)49-40-21-23-47(70-28-14-2)43(34-40)42-32-39(19-22-46(42)71-29-27-58-54(66)73-56(8,9)10)33-44(52(64)69-12)59-50(62)37(4)31-45(49)61/h19-24,30,32,34,37,41,44,49H,13-18,25-29,31,33,35H2,1-12H3,(H,57,65)(H,58,66)(H,59,62)/t37-,41-,44+,49+/m1/s1. The first-order valence-electron chi connectivity index (χ1n) is 25.7. The van der Waals surface area contributed by atoms with Gasteiger partial charge in [-0.25, -0.2) is 22.8 Å². The molecule has 4 bridgehead atoms. The fraction of sp³-hybridized carbons (Fsp3) is 0.571. The van der Waals surface area contributed by atoms with E-state index in [0.717, 1.165) is 37.7 Å². The average Bonchev–Trinajstić information content (AvgIpc) is 3.31. The number of methoxy groups -OCH3 is 1. The minimum absolute atomic E-state index is 0.00328. The van der Waals surface area contributed by atoms with Crippen molar-refractivity contribution in [3.8, 4) is 22.6 Å². The first-order valence-corrected chi connectivity index (χ1v) is 27.4.